The molecular weight excluding hydrogens is 183 g/mol. The SMILES string of the molecule is O=S(=O)([O-])c1ccsc1.[Na+]. The zero-order valence-electron chi connectivity index (χ0n) is 5.27. The number of hydrogen-bond acceptors (Lipinski definition) is 4. The third kappa shape index (κ3) is 2.69. The molecule has 0 aromatic carbocycles. The molecule has 0 atom stereocenters. The van der Waals surface area contributed by atoms with Crippen molar-refractivity contribution in [2.24, 2.45) is 0 Å². The summed E-state index contributed by atoms with van der Waals surface area (Å²) in [5.41, 5.74) is 0. The van der Waals surface area contributed by atoms with E-state index in [2.05, 4.69) is 0 Å². The molecule has 1 heterocycles. The summed E-state index contributed by atoms with van der Waals surface area (Å²) in [6.07, 6.45) is 0. The number of hydrogen-bond donors (Lipinski definition) is 0. The second-order valence-electron chi connectivity index (χ2n) is 1.41. The Balaban J connectivity index is 0.000000810. The standard InChI is InChI=1S/C4H4O3S2.Na/c5-9(6,7)4-1-2-8-3-4;/h1-3H,(H,5,6,7);/q;+1/p-1. The van der Waals surface area contributed by atoms with Gasteiger partial charge in [-0.15, -0.1) is 0 Å². The molecule has 0 radical (unpaired) electrons. The van der Waals surface area contributed by atoms with Crippen molar-refractivity contribution in [3.05, 3.63) is 16.8 Å². The van der Waals surface area contributed by atoms with Gasteiger partial charge in [-0.2, -0.15) is 11.3 Å². The van der Waals surface area contributed by atoms with Crippen LogP contribution in [0.2, 0.25) is 0 Å². The van der Waals surface area contributed by atoms with Gasteiger partial charge < -0.3 is 4.55 Å². The third-order valence-electron chi connectivity index (χ3n) is 0.784. The Morgan fingerprint density at radius 2 is 2.10 bits per heavy atom. The van der Waals surface area contributed by atoms with Crippen LogP contribution in [-0.2, 0) is 10.1 Å². The van der Waals surface area contributed by atoms with E-state index < -0.39 is 10.1 Å². The average molecular weight is 186 g/mol. The largest absolute Gasteiger partial charge is 1.00 e. The molecule has 50 valence electrons. The molecule has 0 aliphatic heterocycles. The van der Waals surface area contributed by atoms with E-state index in [0.29, 0.717) is 0 Å². The summed E-state index contributed by atoms with van der Waals surface area (Å²) in [5, 5.41) is 2.85. The van der Waals surface area contributed by atoms with Gasteiger partial charge in [0.25, 0.3) is 0 Å². The Labute approximate surface area is 85.1 Å². The van der Waals surface area contributed by atoms with E-state index in [1.807, 2.05) is 0 Å². The Morgan fingerprint density at radius 1 is 1.50 bits per heavy atom. The number of thiophene rings is 1. The molecule has 0 amide bonds. The van der Waals surface area contributed by atoms with Crippen LogP contribution in [0.4, 0.5) is 0 Å². The maximum atomic E-state index is 10.1. The molecule has 10 heavy (non-hydrogen) atoms. The minimum absolute atomic E-state index is 0. The zero-order chi connectivity index (χ0) is 6.91. The Hall–Kier alpha value is 0.610. The van der Waals surface area contributed by atoms with Crippen LogP contribution < -0.4 is 29.6 Å². The predicted molar refractivity (Wildman–Crippen MR) is 32.3 cm³/mol. The molecule has 3 nitrogen and oxygen atoms in total. The molecule has 0 fully saturated rings. The second kappa shape index (κ2) is 3.85. The Kier molecular flexibility index (Phi) is 4.08. The first-order chi connectivity index (χ1) is 4.11. The molecule has 0 aliphatic carbocycles. The third-order valence-corrected chi connectivity index (χ3v) is 2.45. The van der Waals surface area contributed by atoms with Crippen LogP contribution >= 0.6 is 11.3 Å². The van der Waals surface area contributed by atoms with Crippen LogP contribution in [0, 0.1) is 0 Å². The Morgan fingerprint density at radius 3 is 2.30 bits per heavy atom. The summed E-state index contributed by atoms with van der Waals surface area (Å²) in [7, 11) is -4.20. The van der Waals surface area contributed by atoms with Crippen molar-refractivity contribution in [2.75, 3.05) is 0 Å². The van der Waals surface area contributed by atoms with Crippen LogP contribution in [0.5, 0.6) is 0 Å². The first-order valence-corrected chi connectivity index (χ1v) is 4.44. The first-order valence-electron chi connectivity index (χ1n) is 2.09. The van der Waals surface area contributed by atoms with Gasteiger partial charge in [0.1, 0.15) is 10.1 Å². The van der Waals surface area contributed by atoms with E-state index in [-0.39, 0.29) is 34.5 Å². The van der Waals surface area contributed by atoms with Crippen molar-refractivity contribution in [3.63, 3.8) is 0 Å². The Bertz CT molecular complexity index is 275. The van der Waals surface area contributed by atoms with E-state index in [1.54, 1.807) is 5.38 Å². The number of rotatable bonds is 1. The van der Waals surface area contributed by atoms with Crippen molar-refractivity contribution in [1.82, 2.24) is 0 Å². The maximum absolute atomic E-state index is 10.1. The fourth-order valence-corrected chi connectivity index (χ4v) is 1.87. The molecule has 0 N–H and O–H groups in total. The average Bonchev–Trinajstić information content (AvgIpc) is 2.08. The van der Waals surface area contributed by atoms with E-state index >= 15 is 0 Å². The summed E-state index contributed by atoms with van der Waals surface area (Å²) >= 11 is 1.19. The summed E-state index contributed by atoms with van der Waals surface area (Å²) in [5.74, 6) is 0. The molecule has 0 unspecified atom stereocenters. The van der Waals surface area contributed by atoms with Crippen LogP contribution in [-0.4, -0.2) is 13.0 Å². The summed E-state index contributed by atoms with van der Waals surface area (Å²) in [6.45, 7) is 0. The van der Waals surface area contributed by atoms with Crippen molar-refractivity contribution in [1.29, 1.82) is 0 Å². The van der Waals surface area contributed by atoms with E-state index in [4.69, 9.17) is 0 Å². The van der Waals surface area contributed by atoms with Gasteiger partial charge in [0, 0.05) is 5.38 Å². The van der Waals surface area contributed by atoms with Crippen LogP contribution in [0.15, 0.2) is 21.7 Å². The minimum atomic E-state index is -4.20. The van der Waals surface area contributed by atoms with Gasteiger partial charge in [-0.3, -0.25) is 0 Å². The van der Waals surface area contributed by atoms with E-state index in [9.17, 15) is 13.0 Å². The fourth-order valence-electron chi connectivity index (χ4n) is 0.394. The van der Waals surface area contributed by atoms with Crippen LogP contribution in [0.1, 0.15) is 0 Å². The van der Waals surface area contributed by atoms with Crippen molar-refractivity contribution in [2.45, 2.75) is 4.90 Å². The molecule has 1 aromatic rings. The van der Waals surface area contributed by atoms with Gasteiger partial charge in [0.2, 0.25) is 0 Å². The molecule has 1 aromatic heterocycles. The van der Waals surface area contributed by atoms with Gasteiger partial charge in [0.15, 0.2) is 0 Å². The summed E-state index contributed by atoms with van der Waals surface area (Å²) < 4.78 is 30.4. The van der Waals surface area contributed by atoms with Crippen molar-refractivity contribution >= 4 is 21.5 Å². The quantitative estimate of drug-likeness (QED) is 0.364. The van der Waals surface area contributed by atoms with Gasteiger partial charge in [-0.25, -0.2) is 8.42 Å². The first kappa shape index (κ1) is 10.6. The summed E-state index contributed by atoms with van der Waals surface area (Å²) in [6, 6.07) is 1.28. The van der Waals surface area contributed by atoms with Gasteiger partial charge in [-0.05, 0) is 11.4 Å². The molecule has 0 bridgehead atoms. The molecule has 0 spiro atoms. The predicted octanol–water partition coefficient (Wildman–Crippen LogP) is -2.34. The fraction of sp³-hybridized carbons (Fsp3) is 0. The smallest absolute Gasteiger partial charge is 0.744 e. The normalized spacial score (nSPS) is 10.5. The van der Waals surface area contributed by atoms with Gasteiger partial charge >= 0.3 is 29.6 Å². The van der Waals surface area contributed by atoms with Crippen LogP contribution in [0.3, 0.4) is 0 Å². The maximum Gasteiger partial charge on any atom is 1.00 e. The van der Waals surface area contributed by atoms with E-state index in [1.165, 1.54) is 22.8 Å². The van der Waals surface area contributed by atoms with E-state index in [0.717, 1.165) is 0 Å². The minimum Gasteiger partial charge on any atom is -0.744 e. The van der Waals surface area contributed by atoms with Gasteiger partial charge in [-0.1, -0.05) is 0 Å². The molecule has 6 heteroatoms. The molecule has 0 saturated heterocycles. The monoisotopic (exact) mass is 186 g/mol. The zero-order valence-corrected chi connectivity index (χ0v) is 8.91. The molecular formula is C4H3NaO3S2. The van der Waals surface area contributed by atoms with Crippen molar-refractivity contribution < 1.29 is 42.5 Å². The second-order valence-corrected chi connectivity index (χ2v) is 3.57. The van der Waals surface area contributed by atoms with Crippen molar-refractivity contribution in [3.8, 4) is 0 Å². The molecule has 1 rings (SSSR count). The molecule has 0 saturated carbocycles. The van der Waals surface area contributed by atoms with Crippen LogP contribution in [0.25, 0.3) is 0 Å². The van der Waals surface area contributed by atoms with Gasteiger partial charge in [0.05, 0.1) is 4.90 Å². The summed E-state index contributed by atoms with van der Waals surface area (Å²) in [4.78, 5) is -0.146. The molecule has 0 aliphatic rings. The topological polar surface area (TPSA) is 57.2 Å².